The fourth-order valence-electron chi connectivity index (χ4n) is 1.34. The van der Waals surface area contributed by atoms with Crippen LogP contribution >= 0.6 is 23.4 Å². The summed E-state index contributed by atoms with van der Waals surface area (Å²) in [6.07, 6.45) is 0.796. The molecule has 0 fully saturated rings. The van der Waals surface area contributed by atoms with E-state index in [1.807, 2.05) is 38.1 Å². The lowest BCUT2D eigenvalue weighted by Crippen LogP contribution is -2.33. The standard InChI is InChI=1S/C13H19ClN2OS/c1-9(15)7-8-16-13(17)10(2)18-12-5-3-11(14)4-6-12/h3-6,9-10H,7-8,15H2,1-2H3,(H,16,17). The number of hydrogen-bond acceptors (Lipinski definition) is 3. The Hall–Kier alpha value is -0.710. The van der Waals surface area contributed by atoms with E-state index in [4.69, 9.17) is 17.3 Å². The van der Waals surface area contributed by atoms with Gasteiger partial charge in [0.25, 0.3) is 0 Å². The van der Waals surface area contributed by atoms with E-state index in [0.717, 1.165) is 11.3 Å². The number of nitrogens with two attached hydrogens (primary N) is 1. The van der Waals surface area contributed by atoms with Crippen LogP contribution in [0.15, 0.2) is 29.2 Å². The van der Waals surface area contributed by atoms with Crippen LogP contribution in [0.5, 0.6) is 0 Å². The molecule has 0 aromatic heterocycles. The monoisotopic (exact) mass is 286 g/mol. The molecule has 0 aliphatic carbocycles. The van der Waals surface area contributed by atoms with Gasteiger partial charge in [0.1, 0.15) is 0 Å². The fraction of sp³-hybridized carbons (Fsp3) is 0.462. The summed E-state index contributed by atoms with van der Waals surface area (Å²) >= 11 is 7.33. The van der Waals surface area contributed by atoms with Crippen molar-refractivity contribution in [2.45, 2.75) is 36.5 Å². The largest absolute Gasteiger partial charge is 0.355 e. The van der Waals surface area contributed by atoms with E-state index in [9.17, 15) is 4.79 Å². The van der Waals surface area contributed by atoms with E-state index in [1.54, 1.807) is 0 Å². The number of benzene rings is 1. The van der Waals surface area contributed by atoms with Crippen LogP contribution in [0.1, 0.15) is 20.3 Å². The number of carbonyl (C=O) groups excluding carboxylic acids is 1. The van der Waals surface area contributed by atoms with Gasteiger partial charge in [0.15, 0.2) is 0 Å². The summed E-state index contributed by atoms with van der Waals surface area (Å²) in [5.74, 6) is 0.0376. The SMILES string of the molecule is CC(N)CCNC(=O)C(C)Sc1ccc(Cl)cc1. The molecule has 0 aliphatic rings. The summed E-state index contributed by atoms with van der Waals surface area (Å²) in [5, 5.41) is 3.46. The van der Waals surface area contributed by atoms with Crippen LogP contribution in [0.25, 0.3) is 0 Å². The molecule has 5 heteroatoms. The highest BCUT2D eigenvalue weighted by molar-refractivity contribution is 8.00. The molecule has 0 saturated heterocycles. The highest BCUT2D eigenvalue weighted by Crippen LogP contribution is 2.24. The first-order valence-electron chi connectivity index (χ1n) is 5.94. The predicted octanol–water partition coefficient (Wildman–Crippen LogP) is 2.67. The van der Waals surface area contributed by atoms with E-state index in [0.29, 0.717) is 11.6 Å². The third-order valence-electron chi connectivity index (χ3n) is 2.39. The number of rotatable bonds is 6. The molecule has 0 radical (unpaired) electrons. The summed E-state index contributed by atoms with van der Waals surface area (Å²) in [7, 11) is 0. The Morgan fingerprint density at radius 1 is 1.39 bits per heavy atom. The van der Waals surface area contributed by atoms with Gasteiger partial charge in [-0.15, -0.1) is 11.8 Å². The number of thioether (sulfide) groups is 1. The maximum atomic E-state index is 11.8. The van der Waals surface area contributed by atoms with E-state index in [2.05, 4.69) is 5.32 Å². The van der Waals surface area contributed by atoms with Crippen molar-refractivity contribution >= 4 is 29.3 Å². The van der Waals surface area contributed by atoms with Crippen LogP contribution in [0.4, 0.5) is 0 Å². The quantitative estimate of drug-likeness (QED) is 0.791. The molecule has 0 heterocycles. The Morgan fingerprint density at radius 3 is 2.56 bits per heavy atom. The minimum atomic E-state index is -0.126. The van der Waals surface area contributed by atoms with E-state index in [1.165, 1.54) is 11.8 Å². The first kappa shape index (κ1) is 15.3. The molecule has 0 aliphatic heterocycles. The van der Waals surface area contributed by atoms with Crippen molar-refractivity contribution in [2.75, 3.05) is 6.54 Å². The molecule has 18 heavy (non-hydrogen) atoms. The Morgan fingerprint density at radius 2 is 2.00 bits per heavy atom. The zero-order valence-electron chi connectivity index (χ0n) is 10.7. The molecule has 1 rings (SSSR count). The maximum absolute atomic E-state index is 11.8. The van der Waals surface area contributed by atoms with Gasteiger partial charge in [0.2, 0.25) is 5.91 Å². The second-order valence-electron chi connectivity index (χ2n) is 4.27. The first-order chi connectivity index (χ1) is 8.49. The van der Waals surface area contributed by atoms with Crippen molar-refractivity contribution in [1.82, 2.24) is 5.32 Å². The Balaban J connectivity index is 2.37. The summed E-state index contributed by atoms with van der Waals surface area (Å²) in [5.41, 5.74) is 5.62. The molecular weight excluding hydrogens is 268 g/mol. The topological polar surface area (TPSA) is 55.1 Å². The predicted molar refractivity (Wildman–Crippen MR) is 78.0 cm³/mol. The zero-order valence-corrected chi connectivity index (χ0v) is 12.2. The smallest absolute Gasteiger partial charge is 0.233 e. The van der Waals surface area contributed by atoms with Gasteiger partial charge in [0.05, 0.1) is 5.25 Å². The van der Waals surface area contributed by atoms with Gasteiger partial charge in [-0.05, 0) is 44.5 Å². The average molecular weight is 287 g/mol. The highest BCUT2D eigenvalue weighted by atomic mass is 35.5. The lowest BCUT2D eigenvalue weighted by atomic mass is 10.2. The molecule has 0 spiro atoms. The molecule has 2 unspecified atom stereocenters. The molecule has 1 amide bonds. The van der Waals surface area contributed by atoms with Gasteiger partial charge in [-0.2, -0.15) is 0 Å². The Bertz CT molecular complexity index is 381. The van der Waals surface area contributed by atoms with Gasteiger partial charge in [-0.25, -0.2) is 0 Å². The molecule has 1 aromatic carbocycles. The normalized spacial score (nSPS) is 14.0. The minimum Gasteiger partial charge on any atom is -0.355 e. The Labute approximate surface area is 117 Å². The molecular formula is C13H19ClN2OS. The summed E-state index contributed by atoms with van der Waals surface area (Å²) in [6, 6.07) is 7.59. The van der Waals surface area contributed by atoms with Crippen molar-refractivity contribution in [3.63, 3.8) is 0 Å². The summed E-state index contributed by atoms with van der Waals surface area (Å²) in [4.78, 5) is 12.8. The molecule has 0 bridgehead atoms. The van der Waals surface area contributed by atoms with Crippen LogP contribution < -0.4 is 11.1 Å². The van der Waals surface area contributed by atoms with Crippen molar-refractivity contribution in [3.8, 4) is 0 Å². The van der Waals surface area contributed by atoms with Crippen LogP contribution in [0.3, 0.4) is 0 Å². The first-order valence-corrected chi connectivity index (χ1v) is 7.20. The number of nitrogens with one attached hydrogen (secondary N) is 1. The summed E-state index contributed by atoms with van der Waals surface area (Å²) in [6.45, 7) is 4.44. The number of halogens is 1. The van der Waals surface area contributed by atoms with Gasteiger partial charge in [-0.3, -0.25) is 4.79 Å². The highest BCUT2D eigenvalue weighted by Gasteiger charge is 2.13. The van der Waals surface area contributed by atoms with Crippen LogP contribution in [-0.2, 0) is 4.79 Å². The molecule has 2 atom stereocenters. The van der Waals surface area contributed by atoms with E-state index in [-0.39, 0.29) is 17.2 Å². The third-order valence-corrected chi connectivity index (χ3v) is 3.76. The molecule has 0 saturated carbocycles. The second kappa shape index (κ2) is 7.67. The van der Waals surface area contributed by atoms with Gasteiger partial charge in [0, 0.05) is 22.5 Å². The van der Waals surface area contributed by atoms with Crippen LogP contribution in [0.2, 0.25) is 5.02 Å². The molecule has 1 aromatic rings. The van der Waals surface area contributed by atoms with Gasteiger partial charge < -0.3 is 11.1 Å². The Kier molecular flexibility index (Phi) is 6.54. The number of hydrogen-bond donors (Lipinski definition) is 2. The molecule has 3 nitrogen and oxygen atoms in total. The van der Waals surface area contributed by atoms with Crippen molar-refractivity contribution in [3.05, 3.63) is 29.3 Å². The molecule has 3 N–H and O–H groups in total. The number of amides is 1. The maximum Gasteiger partial charge on any atom is 0.233 e. The lowest BCUT2D eigenvalue weighted by molar-refractivity contribution is -0.120. The van der Waals surface area contributed by atoms with E-state index < -0.39 is 0 Å². The van der Waals surface area contributed by atoms with Gasteiger partial charge >= 0.3 is 0 Å². The van der Waals surface area contributed by atoms with Crippen molar-refractivity contribution < 1.29 is 4.79 Å². The second-order valence-corrected chi connectivity index (χ2v) is 6.12. The minimum absolute atomic E-state index is 0.0376. The van der Waals surface area contributed by atoms with Crippen molar-refractivity contribution in [2.24, 2.45) is 5.73 Å². The van der Waals surface area contributed by atoms with Gasteiger partial charge in [-0.1, -0.05) is 11.6 Å². The average Bonchev–Trinajstić information content (AvgIpc) is 2.31. The lowest BCUT2D eigenvalue weighted by Gasteiger charge is -2.12. The number of carbonyl (C=O) groups is 1. The van der Waals surface area contributed by atoms with Crippen molar-refractivity contribution in [1.29, 1.82) is 0 Å². The third kappa shape index (κ3) is 5.76. The fourth-order valence-corrected chi connectivity index (χ4v) is 2.36. The summed E-state index contributed by atoms with van der Waals surface area (Å²) < 4.78 is 0. The van der Waals surface area contributed by atoms with E-state index >= 15 is 0 Å². The zero-order chi connectivity index (χ0) is 13.5. The van der Waals surface area contributed by atoms with Crippen LogP contribution in [-0.4, -0.2) is 23.7 Å². The molecule has 100 valence electrons. The van der Waals surface area contributed by atoms with Crippen LogP contribution in [0, 0.1) is 0 Å².